The van der Waals surface area contributed by atoms with E-state index in [1.54, 1.807) is 24.3 Å². The van der Waals surface area contributed by atoms with Crippen molar-refractivity contribution < 1.29 is 22.5 Å². The highest BCUT2D eigenvalue weighted by atomic mass is 32.2. The van der Waals surface area contributed by atoms with Gasteiger partial charge in [-0.1, -0.05) is 65.8 Å². The zero-order valence-corrected chi connectivity index (χ0v) is 15.5. The Labute approximate surface area is 161 Å². The number of benzene rings is 2. The Hall–Kier alpha value is -3.30. The van der Waals surface area contributed by atoms with Gasteiger partial charge in [-0.25, -0.2) is 13.1 Å². The predicted octanol–water partition coefficient (Wildman–Crippen LogP) is 2.37. The maximum Gasteiger partial charge on any atom is 0.321 e. The summed E-state index contributed by atoms with van der Waals surface area (Å²) in [5.74, 6) is -0.284. The molecule has 0 spiro atoms. The second-order valence-corrected chi connectivity index (χ2v) is 7.27. The highest BCUT2D eigenvalue weighted by molar-refractivity contribution is 7.92. The Morgan fingerprint density at radius 2 is 1.75 bits per heavy atom. The van der Waals surface area contributed by atoms with Crippen LogP contribution in [-0.4, -0.2) is 31.1 Å². The quantitative estimate of drug-likeness (QED) is 0.579. The van der Waals surface area contributed by atoms with E-state index in [1.807, 2.05) is 36.4 Å². The van der Waals surface area contributed by atoms with Crippen LogP contribution in [0.2, 0.25) is 0 Å². The number of ether oxygens (including phenoxy) is 1. The average Bonchev–Trinajstić information content (AvgIpc) is 3.20. The molecule has 0 fully saturated rings. The Morgan fingerprint density at radius 1 is 1.07 bits per heavy atom. The third-order valence-corrected chi connectivity index (χ3v) is 4.55. The second kappa shape index (κ2) is 9.07. The van der Waals surface area contributed by atoms with Crippen molar-refractivity contribution in [3.05, 3.63) is 77.5 Å². The van der Waals surface area contributed by atoms with E-state index in [0.717, 1.165) is 16.5 Å². The van der Waals surface area contributed by atoms with Crippen LogP contribution in [0.25, 0.3) is 17.5 Å². The molecule has 0 aliphatic carbocycles. The van der Waals surface area contributed by atoms with Crippen molar-refractivity contribution in [3.8, 4) is 11.4 Å². The number of nitrogens with zero attached hydrogens (tertiary/aromatic N) is 2. The van der Waals surface area contributed by atoms with Gasteiger partial charge in [-0.2, -0.15) is 4.98 Å². The van der Waals surface area contributed by atoms with Crippen molar-refractivity contribution in [1.29, 1.82) is 0 Å². The van der Waals surface area contributed by atoms with Crippen LogP contribution in [0, 0.1) is 0 Å². The Morgan fingerprint density at radius 3 is 2.46 bits per heavy atom. The largest absolute Gasteiger partial charge is 0.455 e. The predicted molar refractivity (Wildman–Crippen MR) is 102 cm³/mol. The fourth-order valence-electron chi connectivity index (χ4n) is 2.15. The molecule has 0 saturated carbocycles. The lowest BCUT2D eigenvalue weighted by atomic mass is 10.2. The van der Waals surface area contributed by atoms with Crippen molar-refractivity contribution in [2.24, 2.45) is 0 Å². The third-order valence-electron chi connectivity index (χ3n) is 3.51. The molecule has 2 aromatic carbocycles. The molecule has 1 aromatic heterocycles. The molecule has 0 unspecified atom stereocenters. The number of aromatic nitrogens is 2. The molecule has 144 valence electrons. The van der Waals surface area contributed by atoms with Crippen LogP contribution in [0.15, 0.2) is 70.6 Å². The maximum absolute atomic E-state index is 11.9. The maximum atomic E-state index is 11.9. The minimum atomic E-state index is -3.77. The van der Waals surface area contributed by atoms with Crippen LogP contribution >= 0.6 is 0 Å². The average molecular weight is 399 g/mol. The lowest BCUT2D eigenvalue weighted by Gasteiger charge is -2.03. The van der Waals surface area contributed by atoms with E-state index in [-0.39, 0.29) is 12.5 Å². The van der Waals surface area contributed by atoms with Gasteiger partial charge in [-0.05, 0) is 11.6 Å². The van der Waals surface area contributed by atoms with Gasteiger partial charge < -0.3 is 9.26 Å². The molecule has 3 rings (SSSR count). The zero-order chi connectivity index (χ0) is 19.8. The van der Waals surface area contributed by atoms with Crippen LogP contribution in [0.3, 0.4) is 0 Å². The summed E-state index contributed by atoms with van der Waals surface area (Å²) in [6.45, 7) is -0.763. The molecule has 0 radical (unpaired) electrons. The molecule has 0 aliphatic heterocycles. The zero-order valence-electron chi connectivity index (χ0n) is 14.7. The first-order valence-electron chi connectivity index (χ1n) is 8.28. The molecule has 9 heteroatoms. The van der Waals surface area contributed by atoms with E-state index in [1.165, 1.54) is 6.08 Å². The monoisotopic (exact) mass is 399 g/mol. The van der Waals surface area contributed by atoms with Crippen molar-refractivity contribution in [2.75, 3.05) is 6.54 Å². The molecule has 28 heavy (non-hydrogen) atoms. The van der Waals surface area contributed by atoms with E-state index >= 15 is 0 Å². The van der Waals surface area contributed by atoms with Crippen molar-refractivity contribution >= 4 is 22.1 Å². The van der Waals surface area contributed by atoms with Gasteiger partial charge in [-0.3, -0.25) is 4.79 Å². The summed E-state index contributed by atoms with van der Waals surface area (Å²) in [6, 6.07) is 18.1. The summed E-state index contributed by atoms with van der Waals surface area (Å²) in [5, 5.41) is 4.79. The van der Waals surface area contributed by atoms with E-state index in [4.69, 9.17) is 9.26 Å². The summed E-state index contributed by atoms with van der Waals surface area (Å²) >= 11 is 0. The summed E-state index contributed by atoms with van der Waals surface area (Å²) in [7, 11) is -3.77. The lowest BCUT2D eigenvalue weighted by molar-refractivity contribution is -0.144. The first-order chi connectivity index (χ1) is 13.5. The minimum Gasteiger partial charge on any atom is -0.455 e. The SMILES string of the molecule is O=C(CNS(=O)(=O)/C=C/c1ccccc1)OCc1nc(-c2ccccc2)no1. The van der Waals surface area contributed by atoms with Gasteiger partial charge in [0.1, 0.15) is 6.54 Å². The Balaban J connectivity index is 1.47. The summed E-state index contributed by atoms with van der Waals surface area (Å²) in [6.07, 6.45) is 1.43. The van der Waals surface area contributed by atoms with Crippen molar-refractivity contribution in [1.82, 2.24) is 14.9 Å². The second-order valence-electron chi connectivity index (χ2n) is 5.62. The molecule has 1 heterocycles. The first kappa shape index (κ1) is 19.5. The first-order valence-corrected chi connectivity index (χ1v) is 9.83. The van der Waals surface area contributed by atoms with Crippen LogP contribution in [0.4, 0.5) is 0 Å². The van der Waals surface area contributed by atoms with Gasteiger partial charge >= 0.3 is 5.97 Å². The smallest absolute Gasteiger partial charge is 0.321 e. The van der Waals surface area contributed by atoms with Crippen LogP contribution in [-0.2, 0) is 26.2 Å². The van der Waals surface area contributed by atoms with Crippen molar-refractivity contribution in [2.45, 2.75) is 6.61 Å². The number of rotatable bonds is 8. The topological polar surface area (TPSA) is 111 Å². The molecule has 1 N–H and O–H groups in total. The number of hydrogen-bond donors (Lipinski definition) is 1. The summed E-state index contributed by atoms with van der Waals surface area (Å²) in [5.41, 5.74) is 1.49. The van der Waals surface area contributed by atoms with Gasteiger partial charge in [0.25, 0.3) is 5.89 Å². The van der Waals surface area contributed by atoms with E-state index in [0.29, 0.717) is 5.82 Å². The number of sulfonamides is 1. The highest BCUT2D eigenvalue weighted by Crippen LogP contribution is 2.15. The van der Waals surface area contributed by atoms with Gasteiger partial charge in [-0.15, -0.1) is 0 Å². The molecule has 8 nitrogen and oxygen atoms in total. The van der Waals surface area contributed by atoms with Gasteiger partial charge in [0.2, 0.25) is 15.8 Å². The van der Waals surface area contributed by atoms with Gasteiger partial charge in [0.15, 0.2) is 6.61 Å². The van der Waals surface area contributed by atoms with E-state index < -0.39 is 22.5 Å². The fraction of sp³-hybridized carbons (Fsp3) is 0.105. The number of carbonyl (C=O) groups is 1. The molecule has 3 aromatic rings. The van der Waals surface area contributed by atoms with E-state index in [2.05, 4.69) is 14.9 Å². The number of hydrogen-bond acceptors (Lipinski definition) is 7. The Bertz CT molecular complexity index is 1050. The molecule has 0 atom stereocenters. The normalized spacial score (nSPS) is 11.6. The molecule has 0 saturated heterocycles. The number of nitrogens with one attached hydrogen (secondary N) is 1. The van der Waals surface area contributed by atoms with Gasteiger partial charge in [0, 0.05) is 11.0 Å². The summed E-state index contributed by atoms with van der Waals surface area (Å²) < 4.78 is 35.9. The molecular weight excluding hydrogens is 382 g/mol. The molecular formula is C19H17N3O5S. The van der Waals surface area contributed by atoms with Crippen molar-refractivity contribution in [3.63, 3.8) is 0 Å². The van der Waals surface area contributed by atoms with E-state index in [9.17, 15) is 13.2 Å². The van der Waals surface area contributed by atoms with Crippen LogP contribution < -0.4 is 4.72 Å². The standard InChI is InChI=1S/C19H17N3O5S/c23-18(13-20-28(24,25)12-11-15-7-3-1-4-8-15)26-14-17-21-19(22-27-17)16-9-5-2-6-10-16/h1-12,20H,13-14H2/b12-11+. The minimum absolute atomic E-state index is 0.110. The number of carbonyl (C=O) groups excluding carboxylic acids is 1. The fourth-order valence-corrected chi connectivity index (χ4v) is 2.90. The van der Waals surface area contributed by atoms with Gasteiger partial charge in [0.05, 0.1) is 0 Å². The van der Waals surface area contributed by atoms with Crippen LogP contribution in [0.5, 0.6) is 0 Å². The van der Waals surface area contributed by atoms with Crippen LogP contribution in [0.1, 0.15) is 11.5 Å². The Kier molecular flexibility index (Phi) is 6.30. The molecule has 0 bridgehead atoms. The molecule has 0 aliphatic rings. The highest BCUT2D eigenvalue weighted by Gasteiger charge is 2.13. The summed E-state index contributed by atoms with van der Waals surface area (Å²) in [4.78, 5) is 15.9. The molecule has 0 amide bonds. The number of esters is 1. The lowest BCUT2D eigenvalue weighted by Crippen LogP contribution is -2.29. The third kappa shape index (κ3) is 5.86.